The highest BCUT2D eigenvalue weighted by Crippen LogP contribution is 2.17. The summed E-state index contributed by atoms with van der Waals surface area (Å²) in [6, 6.07) is 5.91. The first-order chi connectivity index (χ1) is 8.92. The Morgan fingerprint density at radius 2 is 2.21 bits per heavy atom. The molecule has 7 heteroatoms. The molecule has 100 valence electrons. The van der Waals surface area contributed by atoms with Crippen molar-refractivity contribution in [3.8, 4) is 6.07 Å². The van der Waals surface area contributed by atoms with Crippen molar-refractivity contribution in [3.05, 3.63) is 29.3 Å². The van der Waals surface area contributed by atoms with E-state index in [4.69, 9.17) is 5.26 Å². The molecule has 1 amide bonds. The number of nitrogens with zero attached hydrogens (tertiary/aromatic N) is 1. The van der Waals surface area contributed by atoms with E-state index in [-0.39, 0.29) is 17.2 Å². The molecule has 0 aromatic heterocycles. The van der Waals surface area contributed by atoms with Crippen LogP contribution >= 0.6 is 0 Å². The Morgan fingerprint density at radius 1 is 1.47 bits per heavy atom. The van der Waals surface area contributed by atoms with Crippen molar-refractivity contribution in [1.82, 2.24) is 10.0 Å². The van der Waals surface area contributed by atoms with Gasteiger partial charge in [-0.25, -0.2) is 13.1 Å². The Hall–Kier alpha value is -1.91. The van der Waals surface area contributed by atoms with Crippen LogP contribution in [0.4, 0.5) is 0 Å². The van der Waals surface area contributed by atoms with Crippen molar-refractivity contribution in [2.45, 2.75) is 24.3 Å². The molecular weight excluding hydrogens is 266 g/mol. The molecule has 1 aliphatic rings. The van der Waals surface area contributed by atoms with Crippen LogP contribution in [0.1, 0.15) is 17.5 Å². The highest BCUT2D eigenvalue weighted by molar-refractivity contribution is 7.89. The van der Waals surface area contributed by atoms with Crippen molar-refractivity contribution in [1.29, 1.82) is 5.26 Å². The molecule has 1 saturated heterocycles. The average molecular weight is 279 g/mol. The molecule has 0 bridgehead atoms. The summed E-state index contributed by atoms with van der Waals surface area (Å²) in [5.41, 5.74) is 0.915. The molecular formula is C12H13N3O3S. The van der Waals surface area contributed by atoms with Gasteiger partial charge in [-0.15, -0.1) is 0 Å². The van der Waals surface area contributed by atoms with E-state index in [9.17, 15) is 13.2 Å². The van der Waals surface area contributed by atoms with Crippen LogP contribution in [0.3, 0.4) is 0 Å². The van der Waals surface area contributed by atoms with Crippen molar-refractivity contribution < 1.29 is 13.2 Å². The van der Waals surface area contributed by atoms with E-state index in [1.54, 1.807) is 6.92 Å². The summed E-state index contributed by atoms with van der Waals surface area (Å²) in [6.07, 6.45) is 0.147. The fourth-order valence-electron chi connectivity index (χ4n) is 1.99. The van der Waals surface area contributed by atoms with Crippen LogP contribution in [0.25, 0.3) is 0 Å². The zero-order valence-electron chi connectivity index (χ0n) is 10.3. The second-order valence-electron chi connectivity index (χ2n) is 4.42. The van der Waals surface area contributed by atoms with Gasteiger partial charge in [-0.05, 0) is 30.7 Å². The van der Waals surface area contributed by atoms with Gasteiger partial charge in [-0.3, -0.25) is 4.79 Å². The van der Waals surface area contributed by atoms with Crippen LogP contribution in [0.2, 0.25) is 0 Å². The van der Waals surface area contributed by atoms with E-state index < -0.39 is 16.1 Å². The van der Waals surface area contributed by atoms with Gasteiger partial charge < -0.3 is 5.32 Å². The Bertz CT molecular complexity index is 661. The van der Waals surface area contributed by atoms with Crippen molar-refractivity contribution in [3.63, 3.8) is 0 Å². The van der Waals surface area contributed by atoms with Gasteiger partial charge in [0.1, 0.15) is 0 Å². The maximum Gasteiger partial charge on any atom is 0.241 e. The topological polar surface area (TPSA) is 99.1 Å². The minimum absolute atomic E-state index is 0.130. The third-order valence-corrected chi connectivity index (χ3v) is 4.57. The van der Waals surface area contributed by atoms with Crippen molar-refractivity contribution in [2.24, 2.45) is 0 Å². The molecule has 1 atom stereocenters. The summed E-state index contributed by atoms with van der Waals surface area (Å²) in [5.74, 6) is -0.163. The number of aryl methyl sites for hydroxylation is 1. The summed E-state index contributed by atoms with van der Waals surface area (Å²) >= 11 is 0. The average Bonchev–Trinajstić information content (AvgIpc) is 2.73. The molecule has 1 aliphatic heterocycles. The summed E-state index contributed by atoms with van der Waals surface area (Å²) < 4.78 is 26.9. The van der Waals surface area contributed by atoms with E-state index >= 15 is 0 Å². The van der Waals surface area contributed by atoms with Crippen LogP contribution in [-0.4, -0.2) is 26.9 Å². The predicted molar refractivity (Wildman–Crippen MR) is 67.6 cm³/mol. The highest BCUT2D eigenvalue weighted by Gasteiger charge is 2.27. The third-order valence-electron chi connectivity index (χ3n) is 2.89. The van der Waals surface area contributed by atoms with Crippen molar-refractivity contribution in [2.75, 3.05) is 6.54 Å². The third kappa shape index (κ3) is 2.92. The zero-order valence-corrected chi connectivity index (χ0v) is 11.1. The van der Waals surface area contributed by atoms with Crippen LogP contribution in [0, 0.1) is 18.3 Å². The number of nitrogens with one attached hydrogen (secondary N) is 2. The van der Waals surface area contributed by atoms with E-state index in [0.717, 1.165) is 0 Å². The number of nitriles is 1. The lowest BCUT2D eigenvalue weighted by Crippen LogP contribution is -2.36. The van der Waals surface area contributed by atoms with Crippen LogP contribution in [-0.2, 0) is 14.8 Å². The summed E-state index contributed by atoms with van der Waals surface area (Å²) in [7, 11) is -3.67. The lowest BCUT2D eigenvalue weighted by Gasteiger charge is -2.13. The zero-order chi connectivity index (χ0) is 14.0. The first-order valence-corrected chi connectivity index (χ1v) is 7.20. The van der Waals surface area contributed by atoms with Gasteiger partial charge in [0.25, 0.3) is 0 Å². The smallest absolute Gasteiger partial charge is 0.241 e. The van der Waals surface area contributed by atoms with E-state index in [0.29, 0.717) is 17.7 Å². The molecule has 6 nitrogen and oxygen atoms in total. The molecule has 0 radical (unpaired) electrons. The molecule has 1 fully saturated rings. The number of benzene rings is 1. The number of hydrogen-bond donors (Lipinski definition) is 2. The maximum atomic E-state index is 12.2. The maximum absolute atomic E-state index is 12.2. The SMILES string of the molecule is Cc1cc(C#N)ccc1S(=O)(=O)NC1CNC(=O)C1. The summed E-state index contributed by atoms with van der Waals surface area (Å²) in [6.45, 7) is 1.93. The predicted octanol–water partition coefficient (Wildman–Crippen LogP) is 0.0335. The van der Waals surface area contributed by atoms with Gasteiger partial charge in [0.15, 0.2) is 0 Å². The molecule has 1 aromatic rings. The monoisotopic (exact) mass is 279 g/mol. The second-order valence-corrected chi connectivity index (χ2v) is 6.10. The number of carbonyl (C=O) groups excluding carboxylic acids is 1. The minimum atomic E-state index is -3.67. The number of hydrogen-bond acceptors (Lipinski definition) is 4. The lowest BCUT2D eigenvalue weighted by molar-refractivity contribution is -0.119. The molecule has 2 N–H and O–H groups in total. The fourth-order valence-corrected chi connectivity index (χ4v) is 3.45. The minimum Gasteiger partial charge on any atom is -0.354 e. The molecule has 1 heterocycles. The summed E-state index contributed by atoms with van der Waals surface area (Å²) in [5, 5.41) is 11.3. The van der Waals surface area contributed by atoms with E-state index in [1.165, 1.54) is 18.2 Å². The molecule has 1 aromatic carbocycles. The standard InChI is InChI=1S/C12H13N3O3S/c1-8-4-9(6-13)2-3-11(8)19(17,18)15-10-5-12(16)14-7-10/h2-4,10,15H,5,7H2,1H3,(H,14,16). The van der Waals surface area contributed by atoms with Gasteiger partial charge in [0, 0.05) is 19.0 Å². The molecule has 1 unspecified atom stereocenters. The van der Waals surface area contributed by atoms with Crippen LogP contribution in [0.15, 0.2) is 23.1 Å². The first kappa shape index (κ1) is 13.5. The molecule has 0 saturated carbocycles. The van der Waals surface area contributed by atoms with Gasteiger partial charge in [-0.2, -0.15) is 5.26 Å². The summed E-state index contributed by atoms with van der Waals surface area (Å²) in [4.78, 5) is 11.2. The first-order valence-electron chi connectivity index (χ1n) is 5.72. The van der Waals surface area contributed by atoms with Gasteiger partial charge in [-0.1, -0.05) is 0 Å². The lowest BCUT2D eigenvalue weighted by atomic mass is 10.2. The second kappa shape index (κ2) is 4.99. The number of rotatable bonds is 3. The van der Waals surface area contributed by atoms with E-state index in [2.05, 4.69) is 10.0 Å². The molecule has 2 rings (SSSR count). The highest BCUT2D eigenvalue weighted by atomic mass is 32.2. The number of sulfonamides is 1. The molecule has 19 heavy (non-hydrogen) atoms. The Balaban J connectivity index is 2.25. The van der Waals surface area contributed by atoms with Crippen molar-refractivity contribution >= 4 is 15.9 Å². The Labute approximate surface area is 111 Å². The normalized spacial score (nSPS) is 18.9. The Morgan fingerprint density at radius 3 is 2.74 bits per heavy atom. The quantitative estimate of drug-likeness (QED) is 0.815. The van der Waals surface area contributed by atoms with E-state index in [1.807, 2.05) is 6.07 Å². The molecule has 0 aliphatic carbocycles. The van der Waals surface area contributed by atoms with Gasteiger partial charge in [0.2, 0.25) is 15.9 Å². The van der Waals surface area contributed by atoms with Crippen LogP contribution in [0.5, 0.6) is 0 Å². The van der Waals surface area contributed by atoms with Gasteiger partial charge >= 0.3 is 0 Å². The fraction of sp³-hybridized carbons (Fsp3) is 0.333. The largest absolute Gasteiger partial charge is 0.354 e. The number of amides is 1. The van der Waals surface area contributed by atoms with Gasteiger partial charge in [0.05, 0.1) is 16.5 Å². The Kier molecular flexibility index (Phi) is 3.55. The molecule has 0 spiro atoms. The van der Waals surface area contributed by atoms with Crippen LogP contribution < -0.4 is 10.0 Å². The number of carbonyl (C=O) groups is 1.